The van der Waals surface area contributed by atoms with Crippen LogP contribution in [0.2, 0.25) is 0 Å². The zero-order valence-corrected chi connectivity index (χ0v) is 12.9. The molecule has 0 spiro atoms. The van der Waals surface area contributed by atoms with E-state index in [-0.39, 0.29) is 11.3 Å². The highest BCUT2D eigenvalue weighted by atomic mass is 16.5. The number of carbonyl (C=O) groups is 1. The van der Waals surface area contributed by atoms with E-state index >= 15 is 0 Å². The number of hydrogen-bond donors (Lipinski definition) is 2. The summed E-state index contributed by atoms with van der Waals surface area (Å²) in [7, 11) is 1.53. The highest BCUT2D eigenvalue weighted by Gasteiger charge is 2.15. The van der Waals surface area contributed by atoms with Crippen LogP contribution in [0.25, 0.3) is 11.6 Å². The van der Waals surface area contributed by atoms with Crippen molar-refractivity contribution in [1.82, 2.24) is 0 Å². The van der Waals surface area contributed by atoms with Crippen LogP contribution in [0.5, 0.6) is 17.2 Å². The second kappa shape index (κ2) is 7.35. The fourth-order valence-corrected chi connectivity index (χ4v) is 2.20. The molecule has 0 aromatic heterocycles. The third kappa shape index (κ3) is 3.83. The summed E-state index contributed by atoms with van der Waals surface area (Å²) < 4.78 is 10.9. The monoisotopic (exact) mass is 314 g/mol. The van der Waals surface area contributed by atoms with E-state index in [1.165, 1.54) is 25.3 Å². The van der Waals surface area contributed by atoms with Gasteiger partial charge < -0.3 is 19.7 Å². The Morgan fingerprint density at radius 2 is 1.96 bits per heavy atom. The number of phenolic OH excluding ortho intramolecular Hbond substituents is 1. The Morgan fingerprint density at radius 1 is 1.22 bits per heavy atom. The smallest absolute Gasteiger partial charge is 0.336 e. The number of hydrogen-bond acceptors (Lipinski definition) is 4. The van der Waals surface area contributed by atoms with E-state index in [4.69, 9.17) is 9.47 Å². The molecule has 0 aliphatic heterocycles. The van der Waals surface area contributed by atoms with Gasteiger partial charge in [-0.15, -0.1) is 0 Å². The van der Waals surface area contributed by atoms with Crippen molar-refractivity contribution in [1.29, 1.82) is 0 Å². The van der Waals surface area contributed by atoms with Crippen molar-refractivity contribution in [2.24, 2.45) is 0 Å². The van der Waals surface area contributed by atoms with Crippen molar-refractivity contribution in [3.05, 3.63) is 53.6 Å². The predicted molar refractivity (Wildman–Crippen MR) is 87.8 cm³/mol. The molecule has 2 aromatic rings. The van der Waals surface area contributed by atoms with Crippen LogP contribution in [0, 0.1) is 0 Å². The summed E-state index contributed by atoms with van der Waals surface area (Å²) in [5, 5.41) is 19.1. The molecule has 0 heterocycles. The van der Waals surface area contributed by atoms with Crippen LogP contribution in [0.15, 0.2) is 42.5 Å². The standard InChI is InChI=1S/C18H18O5/c1-3-23-17-13(7-5-9-16(17)22-2)11-15(18(20)21)12-6-4-8-14(19)10-12/h4-11,19H,3H2,1-2H3,(H,20,21)/b15-11-. The van der Waals surface area contributed by atoms with Gasteiger partial charge in [-0.05, 0) is 36.8 Å². The number of benzene rings is 2. The molecule has 0 fully saturated rings. The van der Waals surface area contributed by atoms with Crippen molar-refractivity contribution in [3.8, 4) is 17.2 Å². The van der Waals surface area contributed by atoms with E-state index in [0.717, 1.165) is 0 Å². The number of aromatic hydroxyl groups is 1. The van der Waals surface area contributed by atoms with Gasteiger partial charge in [0.25, 0.3) is 0 Å². The number of para-hydroxylation sites is 1. The van der Waals surface area contributed by atoms with Crippen LogP contribution >= 0.6 is 0 Å². The minimum absolute atomic E-state index is 0.00493. The van der Waals surface area contributed by atoms with Crippen molar-refractivity contribution in [2.45, 2.75) is 6.92 Å². The van der Waals surface area contributed by atoms with Gasteiger partial charge in [-0.25, -0.2) is 4.79 Å². The summed E-state index contributed by atoms with van der Waals surface area (Å²) in [6.07, 6.45) is 1.50. The molecule has 0 aliphatic rings. The first-order valence-electron chi connectivity index (χ1n) is 7.11. The number of ether oxygens (including phenoxy) is 2. The summed E-state index contributed by atoms with van der Waals surface area (Å²) in [4.78, 5) is 11.6. The molecular formula is C18H18O5. The van der Waals surface area contributed by atoms with Crippen LogP contribution in [0.4, 0.5) is 0 Å². The van der Waals surface area contributed by atoms with Crippen molar-refractivity contribution >= 4 is 17.6 Å². The van der Waals surface area contributed by atoms with Gasteiger partial charge in [0, 0.05) is 5.56 Å². The van der Waals surface area contributed by atoms with Crippen LogP contribution in [-0.2, 0) is 4.79 Å². The van der Waals surface area contributed by atoms with E-state index in [0.29, 0.717) is 29.2 Å². The maximum atomic E-state index is 11.6. The summed E-state index contributed by atoms with van der Waals surface area (Å²) in [6.45, 7) is 2.27. The SMILES string of the molecule is CCOc1c(/C=C(\C(=O)O)c2cccc(O)c2)cccc1OC. The molecule has 5 heteroatoms. The highest BCUT2D eigenvalue weighted by molar-refractivity contribution is 6.21. The molecule has 0 bridgehead atoms. The van der Waals surface area contributed by atoms with E-state index in [1.807, 2.05) is 6.92 Å². The second-order valence-corrected chi connectivity index (χ2v) is 4.73. The maximum Gasteiger partial charge on any atom is 0.336 e. The van der Waals surface area contributed by atoms with Crippen LogP contribution in [-0.4, -0.2) is 29.9 Å². The van der Waals surface area contributed by atoms with Gasteiger partial charge in [0.15, 0.2) is 11.5 Å². The Bertz CT molecular complexity index is 734. The lowest BCUT2D eigenvalue weighted by atomic mass is 10.0. The minimum atomic E-state index is -1.10. The molecule has 0 atom stereocenters. The first-order valence-corrected chi connectivity index (χ1v) is 7.11. The van der Waals surface area contributed by atoms with Crippen molar-refractivity contribution in [3.63, 3.8) is 0 Å². The highest BCUT2D eigenvalue weighted by Crippen LogP contribution is 2.34. The van der Waals surface area contributed by atoms with Gasteiger partial charge in [0.1, 0.15) is 5.75 Å². The zero-order valence-electron chi connectivity index (χ0n) is 12.9. The normalized spacial score (nSPS) is 11.1. The lowest BCUT2D eigenvalue weighted by molar-refractivity contribution is -0.130. The topological polar surface area (TPSA) is 76.0 Å². The Morgan fingerprint density at radius 3 is 2.57 bits per heavy atom. The largest absolute Gasteiger partial charge is 0.508 e. The van der Waals surface area contributed by atoms with Crippen LogP contribution in [0.1, 0.15) is 18.1 Å². The summed E-state index contributed by atoms with van der Waals surface area (Å²) in [6, 6.07) is 11.4. The molecule has 0 aliphatic carbocycles. The number of carboxylic acids is 1. The predicted octanol–water partition coefficient (Wildman–Crippen LogP) is 3.42. The fraction of sp³-hybridized carbons (Fsp3) is 0.167. The molecule has 2 aromatic carbocycles. The Labute approximate surface area is 134 Å². The van der Waals surface area contributed by atoms with Crippen molar-refractivity contribution < 1.29 is 24.5 Å². The molecular weight excluding hydrogens is 296 g/mol. The average Bonchev–Trinajstić information content (AvgIpc) is 2.53. The summed E-state index contributed by atoms with van der Waals surface area (Å²) in [5.74, 6) is -0.0798. The molecule has 0 radical (unpaired) electrons. The number of carboxylic acid groups (broad SMARTS) is 1. The molecule has 0 unspecified atom stereocenters. The van der Waals surface area contributed by atoms with Gasteiger partial charge in [-0.2, -0.15) is 0 Å². The third-order valence-electron chi connectivity index (χ3n) is 3.21. The first-order chi connectivity index (χ1) is 11.1. The number of rotatable bonds is 6. The molecule has 0 saturated heterocycles. The molecule has 120 valence electrons. The lowest BCUT2D eigenvalue weighted by Crippen LogP contribution is -2.01. The van der Waals surface area contributed by atoms with E-state index in [1.54, 1.807) is 30.3 Å². The van der Waals surface area contributed by atoms with E-state index in [2.05, 4.69) is 0 Å². The fourth-order valence-electron chi connectivity index (χ4n) is 2.20. The van der Waals surface area contributed by atoms with Gasteiger partial charge in [-0.3, -0.25) is 0 Å². The quantitative estimate of drug-likeness (QED) is 0.631. The number of phenols is 1. The van der Waals surface area contributed by atoms with Gasteiger partial charge in [0.2, 0.25) is 0 Å². The first kappa shape index (κ1) is 16.4. The van der Waals surface area contributed by atoms with Crippen LogP contribution in [0.3, 0.4) is 0 Å². The zero-order chi connectivity index (χ0) is 16.8. The second-order valence-electron chi connectivity index (χ2n) is 4.73. The Kier molecular flexibility index (Phi) is 5.25. The molecule has 0 saturated carbocycles. The van der Waals surface area contributed by atoms with E-state index < -0.39 is 5.97 Å². The lowest BCUT2D eigenvalue weighted by Gasteiger charge is -2.13. The number of aliphatic carboxylic acids is 1. The Hall–Kier alpha value is -2.95. The molecule has 0 amide bonds. The Balaban J connectivity index is 2.58. The summed E-state index contributed by atoms with van der Waals surface area (Å²) >= 11 is 0. The minimum Gasteiger partial charge on any atom is -0.508 e. The summed E-state index contributed by atoms with van der Waals surface area (Å²) in [5.41, 5.74) is 1.05. The van der Waals surface area contributed by atoms with Gasteiger partial charge in [-0.1, -0.05) is 24.3 Å². The van der Waals surface area contributed by atoms with Crippen LogP contribution < -0.4 is 9.47 Å². The average molecular weight is 314 g/mol. The number of methoxy groups -OCH3 is 1. The van der Waals surface area contributed by atoms with Gasteiger partial charge >= 0.3 is 5.97 Å². The maximum absolute atomic E-state index is 11.6. The molecule has 2 N–H and O–H groups in total. The molecule has 23 heavy (non-hydrogen) atoms. The van der Waals surface area contributed by atoms with E-state index in [9.17, 15) is 15.0 Å². The molecule has 2 rings (SSSR count). The van der Waals surface area contributed by atoms with Gasteiger partial charge in [0.05, 0.1) is 19.3 Å². The van der Waals surface area contributed by atoms with Crippen molar-refractivity contribution in [2.75, 3.05) is 13.7 Å². The third-order valence-corrected chi connectivity index (χ3v) is 3.21. The molecule has 5 nitrogen and oxygen atoms in total.